The number of hydrogen-bond acceptors (Lipinski definition) is 5. The molecule has 0 unspecified atom stereocenters. The third-order valence-corrected chi connectivity index (χ3v) is 3.57. The van der Waals surface area contributed by atoms with E-state index < -0.39 is 5.91 Å². The predicted molar refractivity (Wildman–Crippen MR) is 89.9 cm³/mol. The van der Waals surface area contributed by atoms with Gasteiger partial charge in [0.25, 0.3) is 0 Å². The first kappa shape index (κ1) is 15.6. The van der Waals surface area contributed by atoms with Crippen molar-refractivity contribution in [3.05, 3.63) is 54.2 Å². The zero-order chi connectivity index (χ0) is 17.1. The van der Waals surface area contributed by atoms with Crippen molar-refractivity contribution < 1.29 is 19.0 Å². The van der Waals surface area contributed by atoms with Crippen molar-refractivity contribution in [3.8, 4) is 23.0 Å². The van der Waals surface area contributed by atoms with Crippen molar-refractivity contribution in [1.29, 1.82) is 0 Å². The van der Waals surface area contributed by atoms with Crippen LogP contribution in [0.15, 0.2) is 48.7 Å². The summed E-state index contributed by atoms with van der Waals surface area (Å²) in [7, 11) is 3.16. The summed E-state index contributed by atoms with van der Waals surface area (Å²) in [5.74, 6) is 1.93. The van der Waals surface area contributed by atoms with Gasteiger partial charge in [0, 0.05) is 17.8 Å². The molecule has 0 aliphatic carbocycles. The van der Waals surface area contributed by atoms with Gasteiger partial charge in [0.2, 0.25) is 5.91 Å². The molecule has 1 amide bonds. The van der Waals surface area contributed by atoms with E-state index in [1.165, 1.54) is 0 Å². The van der Waals surface area contributed by atoms with E-state index in [1.54, 1.807) is 56.8 Å². The molecule has 2 aromatic carbocycles. The fraction of sp³-hybridized carbons (Fsp3) is 0.111. The van der Waals surface area contributed by atoms with Crippen molar-refractivity contribution in [2.75, 3.05) is 14.2 Å². The number of pyridine rings is 1. The van der Waals surface area contributed by atoms with Gasteiger partial charge in [-0.2, -0.15) is 0 Å². The first-order valence-corrected chi connectivity index (χ1v) is 7.21. The lowest BCUT2D eigenvalue weighted by molar-refractivity contribution is 0.100. The predicted octanol–water partition coefficient (Wildman–Crippen LogP) is 3.14. The maximum atomic E-state index is 11.1. The number of hydrogen-bond donors (Lipinski definition) is 1. The number of aromatic nitrogens is 1. The van der Waals surface area contributed by atoms with Gasteiger partial charge in [-0.15, -0.1) is 0 Å². The standard InChI is InChI=1S/C18H16N2O4/c1-22-13-9-14-15(7-8-20-17(14)16(10-13)23-2)24-12-5-3-11(4-6-12)18(19)21/h3-10H,1-2H3,(H2,19,21). The number of nitrogens with two attached hydrogens (primary N) is 1. The molecule has 1 heterocycles. The van der Waals surface area contributed by atoms with Gasteiger partial charge in [-0.25, -0.2) is 0 Å². The van der Waals surface area contributed by atoms with Crippen LogP contribution in [-0.4, -0.2) is 25.1 Å². The highest BCUT2D eigenvalue weighted by molar-refractivity contribution is 5.93. The van der Waals surface area contributed by atoms with Gasteiger partial charge in [-0.1, -0.05) is 0 Å². The maximum absolute atomic E-state index is 11.1. The molecule has 0 saturated carbocycles. The van der Waals surface area contributed by atoms with Crippen LogP contribution >= 0.6 is 0 Å². The van der Waals surface area contributed by atoms with Gasteiger partial charge in [-0.05, 0) is 36.4 Å². The second-order valence-corrected chi connectivity index (χ2v) is 5.03. The Labute approximate surface area is 138 Å². The minimum atomic E-state index is -0.481. The number of nitrogens with zero attached hydrogens (tertiary/aromatic N) is 1. The second-order valence-electron chi connectivity index (χ2n) is 5.03. The van der Waals surface area contributed by atoms with Gasteiger partial charge in [0.05, 0.1) is 19.6 Å². The molecule has 3 rings (SSSR count). The van der Waals surface area contributed by atoms with Crippen molar-refractivity contribution >= 4 is 16.8 Å². The molecule has 0 radical (unpaired) electrons. The average molecular weight is 324 g/mol. The Bertz CT molecular complexity index is 891. The minimum Gasteiger partial charge on any atom is -0.497 e. The van der Waals surface area contributed by atoms with E-state index in [1.807, 2.05) is 6.07 Å². The molecule has 1 aromatic heterocycles. The number of methoxy groups -OCH3 is 2. The fourth-order valence-corrected chi connectivity index (χ4v) is 2.35. The number of rotatable bonds is 5. The Morgan fingerprint density at radius 3 is 2.33 bits per heavy atom. The van der Waals surface area contributed by atoms with Crippen molar-refractivity contribution in [3.63, 3.8) is 0 Å². The third kappa shape index (κ3) is 2.94. The molecular weight excluding hydrogens is 308 g/mol. The highest BCUT2D eigenvalue weighted by Crippen LogP contribution is 2.36. The smallest absolute Gasteiger partial charge is 0.248 e. The lowest BCUT2D eigenvalue weighted by Crippen LogP contribution is -2.10. The fourth-order valence-electron chi connectivity index (χ4n) is 2.35. The molecule has 3 aromatic rings. The summed E-state index contributed by atoms with van der Waals surface area (Å²) in [6.45, 7) is 0. The molecule has 6 nitrogen and oxygen atoms in total. The van der Waals surface area contributed by atoms with Gasteiger partial charge in [0.15, 0.2) is 0 Å². The summed E-state index contributed by atoms with van der Waals surface area (Å²) >= 11 is 0. The van der Waals surface area contributed by atoms with E-state index >= 15 is 0 Å². The number of ether oxygens (including phenoxy) is 3. The van der Waals surface area contributed by atoms with E-state index in [0.717, 1.165) is 5.39 Å². The van der Waals surface area contributed by atoms with Gasteiger partial charge in [0.1, 0.15) is 28.5 Å². The van der Waals surface area contributed by atoms with Gasteiger partial charge < -0.3 is 19.9 Å². The Balaban J connectivity index is 2.04. The second kappa shape index (κ2) is 6.45. The lowest BCUT2D eigenvalue weighted by atomic mass is 10.1. The van der Waals surface area contributed by atoms with E-state index in [0.29, 0.717) is 34.1 Å². The largest absolute Gasteiger partial charge is 0.497 e. The molecule has 6 heteroatoms. The van der Waals surface area contributed by atoms with Crippen LogP contribution in [0.5, 0.6) is 23.0 Å². The Morgan fingerprint density at radius 2 is 1.71 bits per heavy atom. The summed E-state index contributed by atoms with van der Waals surface area (Å²) in [6.07, 6.45) is 1.64. The summed E-state index contributed by atoms with van der Waals surface area (Å²) in [5.41, 5.74) is 6.33. The average Bonchev–Trinajstić information content (AvgIpc) is 2.61. The summed E-state index contributed by atoms with van der Waals surface area (Å²) in [5, 5.41) is 0.757. The van der Waals surface area contributed by atoms with Crippen LogP contribution in [0.25, 0.3) is 10.9 Å². The number of carbonyl (C=O) groups is 1. The molecule has 0 bridgehead atoms. The molecule has 0 spiro atoms. The zero-order valence-corrected chi connectivity index (χ0v) is 13.3. The van der Waals surface area contributed by atoms with Crippen LogP contribution in [0.3, 0.4) is 0 Å². The molecule has 0 fully saturated rings. The van der Waals surface area contributed by atoms with Crippen molar-refractivity contribution in [2.45, 2.75) is 0 Å². The SMILES string of the molecule is COc1cc(OC)c2nccc(Oc3ccc(C(N)=O)cc3)c2c1. The van der Waals surface area contributed by atoms with E-state index in [2.05, 4.69) is 4.98 Å². The number of benzene rings is 2. The van der Waals surface area contributed by atoms with Crippen LogP contribution in [0.4, 0.5) is 0 Å². The molecule has 0 aliphatic heterocycles. The maximum Gasteiger partial charge on any atom is 0.248 e. The van der Waals surface area contributed by atoms with Crippen molar-refractivity contribution in [2.24, 2.45) is 5.73 Å². The normalized spacial score (nSPS) is 10.4. The Kier molecular flexibility index (Phi) is 4.20. The Hall–Kier alpha value is -3.28. The minimum absolute atomic E-state index is 0.422. The molecule has 0 atom stereocenters. The van der Waals surface area contributed by atoms with Gasteiger partial charge >= 0.3 is 0 Å². The number of amides is 1. The molecule has 0 saturated heterocycles. The van der Waals surface area contributed by atoms with E-state index in [4.69, 9.17) is 19.9 Å². The molecular formula is C18H16N2O4. The van der Waals surface area contributed by atoms with Crippen LogP contribution < -0.4 is 19.9 Å². The van der Waals surface area contributed by atoms with Crippen LogP contribution in [0.1, 0.15) is 10.4 Å². The van der Waals surface area contributed by atoms with Gasteiger partial charge in [-0.3, -0.25) is 9.78 Å². The summed E-state index contributed by atoms with van der Waals surface area (Å²) in [6, 6.07) is 11.9. The molecule has 2 N–H and O–H groups in total. The van der Waals surface area contributed by atoms with Crippen molar-refractivity contribution in [1.82, 2.24) is 4.98 Å². The van der Waals surface area contributed by atoms with Crippen LogP contribution in [0, 0.1) is 0 Å². The molecule has 122 valence electrons. The molecule has 0 aliphatic rings. The number of carbonyl (C=O) groups excluding carboxylic acids is 1. The topological polar surface area (TPSA) is 83.7 Å². The van der Waals surface area contributed by atoms with E-state index in [9.17, 15) is 4.79 Å². The van der Waals surface area contributed by atoms with Crippen LogP contribution in [-0.2, 0) is 0 Å². The molecule has 24 heavy (non-hydrogen) atoms. The third-order valence-electron chi connectivity index (χ3n) is 3.57. The quantitative estimate of drug-likeness (QED) is 0.779. The highest BCUT2D eigenvalue weighted by Gasteiger charge is 2.12. The summed E-state index contributed by atoms with van der Waals surface area (Å²) in [4.78, 5) is 15.5. The highest BCUT2D eigenvalue weighted by atomic mass is 16.5. The monoisotopic (exact) mass is 324 g/mol. The number of primary amides is 1. The first-order chi connectivity index (χ1) is 11.6. The summed E-state index contributed by atoms with van der Waals surface area (Å²) < 4.78 is 16.6. The first-order valence-electron chi connectivity index (χ1n) is 7.21. The number of fused-ring (bicyclic) bond motifs is 1. The zero-order valence-electron chi connectivity index (χ0n) is 13.3. The lowest BCUT2D eigenvalue weighted by Gasteiger charge is -2.12. The van der Waals surface area contributed by atoms with Crippen LogP contribution in [0.2, 0.25) is 0 Å². The van der Waals surface area contributed by atoms with E-state index in [-0.39, 0.29) is 0 Å². The Morgan fingerprint density at radius 1 is 0.958 bits per heavy atom.